The lowest BCUT2D eigenvalue weighted by atomic mass is 10.1. The number of thioether (sulfide) groups is 1. The van der Waals surface area contributed by atoms with Gasteiger partial charge in [-0.05, 0) is 61.8 Å². The molecule has 1 atom stereocenters. The molecular weight excluding hydrogens is 346 g/mol. The van der Waals surface area contributed by atoms with E-state index in [1.165, 1.54) is 5.56 Å². The number of alkyl halides is 2. The van der Waals surface area contributed by atoms with Gasteiger partial charge in [0, 0.05) is 16.6 Å². The molecule has 0 unspecified atom stereocenters. The Morgan fingerprint density at radius 2 is 1.75 bits per heavy atom. The lowest BCUT2D eigenvalue weighted by Gasteiger charge is -2.17. The maximum Gasteiger partial charge on any atom is 0.288 e. The second-order valence-corrected chi connectivity index (χ2v) is 6.90. The number of nitrogens with one attached hydrogen (secondary N) is 2. The first-order valence-corrected chi connectivity index (χ1v) is 8.98. The van der Waals surface area contributed by atoms with Gasteiger partial charge in [-0.3, -0.25) is 0 Å². The largest absolute Gasteiger partial charge is 0.360 e. The Labute approximate surface area is 151 Å². The van der Waals surface area contributed by atoms with Crippen molar-refractivity contribution in [3.8, 4) is 0 Å². The van der Waals surface area contributed by atoms with Gasteiger partial charge in [-0.1, -0.05) is 42.1 Å². The third-order valence-electron chi connectivity index (χ3n) is 3.42. The van der Waals surface area contributed by atoms with E-state index in [0.717, 1.165) is 18.5 Å². The zero-order chi connectivity index (χ0) is 17.4. The number of hydrogen-bond donors (Lipinski definition) is 2. The molecule has 0 aliphatic rings. The Hall–Kier alpha value is -1.66. The molecule has 0 saturated heterocycles. The standard InChI is InChI=1S/C18H20F2N2S2/c1-13(7-8-14-5-3-2-4-6-14)21-18(23)22-15-9-11-16(12-10-15)24-17(19)20/h2-6,9-13,17H,7-8H2,1H3,(H2,21,22,23)/t13-/m1/s1. The van der Waals surface area contributed by atoms with Gasteiger partial charge in [0.15, 0.2) is 5.11 Å². The molecule has 128 valence electrons. The molecule has 0 aliphatic carbocycles. The van der Waals surface area contributed by atoms with Crippen LogP contribution in [0.3, 0.4) is 0 Å². The number of anilines is 1. The van der Waals surface area contributed by atoms with E-state index < -0.39 is 5.76 Å². The van der Waals surface area contributed by atoms with Crippen LogP contribution in [-0.4, -0.2) is 16.9 Å². The van der Waals surface area contributed by atoms with Crippen LogP contribution in [0.1, 0.15) is 18.9 Å². The summed E-state index contributed by atoms with van der Waals surface area (Å²) in [6.45, 7) is 2.08. The monoisotopic (exact) mass is 366 g/mol. The molecule has 0 fully saturated rings. The van der Waals surface area contributed by atoms with Crippen LogP contribution < -0.4 is 10.6 Å². The Morgan fingerprint density at radius 3 is 2.38 bits per heavy atom. The first-order valence-electron chi connectivity index (χ1n) is 7.69. The summed E-state index contributed by atoms with van der Waals surface area (Å²) in [5.41, 5.74) is 2.08. The van der Waals surface area contributed by atoms with Crippen molar-refractivity contribution in [1.82, 2.24) is 5.32 Å². The van der Waals surface area contributed by atoms with Crippen molar-refractivity contribution in [1.29, 1.82) is 0 Å². The van der Waals surface area contributed by atoms with Gasteiger partial charge in [-0.15, -0.1) is 0 Å². The molecule has 2 rings (SSSR count). The van der Waals surface area contributed by atoms with Gasteiger partial charge in [-0.2, -0.15) is 8.78 Å². The summed E-state index contributed by atoms with van der Waals surface area (Å²) in [5, 5.41) is 6.85. The van der Waals surface area contributed by atoms with Crippen molar-refractivity contribution in [2.24, 2.45) is 0 Å². The average molecular weight is 367 g/mol. The van der Waals surface area contributed by atoms with E-state index in [1.807, 2.05) is 18.2 Å². The van der Waals surface area contributed by atoms with Crippen molar-refractivity contribution in [3.05, 3.63) is 60.2 Å². The summed E-state index contributed by atoms with van der Waals surface area (Å²) in [5.74, 6) is -2.41. The minimum atomic E-state index is -2.41. The van der Waals surface area contributed by atoms with Crippen molar-refractivity contribution < 1.29 is 8.78 Å². The molecular formula is C18H20F2N2S2. The van der Waals surface area contributed by atoms with Gasteiger partial charge < -0.3 is 10.6 Å². The molecule has 24 heavy (non-hydrogen) atoms. The number of halogens is 2. The Balaban J connectivity index is 1.75. The van der Waals surface area contributed by atoms with Crippen LogP contribution in [0.15, 0.2) is 59.5 Å². The molecule has 0 spiro atoms. The highest BCUT2D eigenvalue weighted by Gasteiger charge is 2.07. The van der Waals surface area contributed by atoms with E-state index in [2.05, 4.69) is 29.7 Å². The highest BCUT2D eigenvalue weighted by molar-refractivity contribution is 7.99. The zero-order valence-electron chi connectivity index (χ0n) is 13.3. The smallest absolute Gasteiger partial charge is 0.288 e. The lowest BCUT2D eigenvalue weighted by Crippen LogP contribution is -2.36. The van der Waals surface area contributed by atoms with E-state index >= 15 is 0 Å². The topological polar surface area (TPSA) is 24.1 Å². The summed E-state index contributed by atoms with van der Waals surface area (Å²) >= 11 is 5.83. The SMILES string of the molecule is C[C@H](CCc1ccccc1)NC(=S)Nc1ccc(SC(F)F)cc1. The predicted molar refractivity (Wildman–Crippen MR) is 102 cm³/mol. The van der Waals surface area contributed by atoms with E-state index in [1.54, 1.807) is 24.3 Å². The first kappa shape index (κ1) is 18.7. The van der Waals surface area contributed by atoms with Crippen LogP contribution in [0.4, 0.5) is 14.5 Å². The molecule has 0 heterocycles. The minimum absolute atomic E-state index is 0.235. The number of thiocarbonyl (C=S) groups is 1. The maximum absolute atomic E-state index is 12.3. The van der Waals surface area contributed by atoms with Crippen LogP contribution in [-0.2, 0) is 6.42 Å². The molecule has 6 heteroatoms. The summed E-state index contributed by atoms with van der Waals surface area (Å²) in [6.07, 6.45) is 1.95. The second-order valence-electron chi connectivity index (χ2n) is 5.43. The zero-order valence-corrected chi connectivity index (χ0v) is 15.0. The fraction of sp³-hybridized carbons (Fsp3) is 0.278. The van der Waals surface area contributed by atoms with E-state index in [0.29, 0.717) is 21.8 Å². The van der Waals surface area contributed by atoms with Crippen LogP contribution in [0, 0.1) is 0 Å². The summed E-state index contributed by atoms with van der Waals surface area (Å²) in [7, 11) is 0. The minimum Gasteiger partial charge on any atom is -0.360 e. The third kappa shape index (κ3) is 6.84. The highest BCUT2D eigenvalue weighted by atomic mass is 32.2. The first-order chi connectivity index (χ1) is 11.5. The average Bonchev–Trinajstić information content (AvgIpc) is 2.55. The van der Waals surface area contributed by atoms with Crippen LogP contribution >= 0.6 is 24.0 Å². The fourth-order valence-electron chi connectivity index (χ4n) is 2.21. The second kappa shape index (κ2) is 9.59. The van der Waals surface area contributed by atoms with Crippen molar-refractivity contribution in [2.75, 3.05) is 5.32 Å². The fourth-order valence-corrected chi connectivity index (χ4v) is 3.03. The number of rotatable bonds is 7. The van der Waals surface area contributed by atoms with E-state index in [9.17, 15) is 8.78 Å². The summed E-state index contributed by atoms with van der Waals surface area (Å²) in [4.78, 5) is 0.533. The maximum atomic E-state index is 12.3. The molecule has 2 aromatic rings. The lowest BCUT2D eigenvalue weighted by molar-refractivity contribution is 0.252. The molecule has 0 aromatic heterocycles. The molecule has 2 nitrogen and oxygen atoms in total. The predicted octanol–water partition coefficient (Wildman–Crippen LogP) is 5.31. The highest BCUT2D eigenvalue weighted by Crippen LogP contribution is 2.26. The van der Waals surface area contributed by atoms with Gasteiger partial charge in [0.05, 0.1) is 0 Å². The third-order valence-corrected chi connectivity index (χ3v) is 4.37. The van der Waals surface area contributed by atoms with Gasteiger partial charge in [0.2, 0.25) is 0 Å². The van der Waals surface area contributed by atoms with Crippen molar-refractivity contribution in [3.63, 3.8) is 0 Å². The van der Waals surface area contributed by atoms with Crippen molar-refractivity contribution >= 4 is 34.8 Å². The quantitative estimate of drug-likeness (QED) is 0.512. The summed E-state index contributed by atoms with van der Waals surface area (Å²) in [6, 6.07) is 17.3. The Morgan fingerprint density at radius 1 is 1.08 bits per heavy atom. The molecule has 0 aliphatic heterocycles. The molecule has 2 aromatic carbocycles. The van der Waals surface area contributed by atoms with Gasteiger partial charge >= 0.3 is 0 Å². The molecule has 2 N–H and O–H groups in total. The van der Waals surface area contributed by atoms with Crippen LogP contribution in [0.2, 0.25) is 0 Å². The van der Waals surface area contributed by atoms with Crippen LogP contribution in [0.25, 0.3) is 0 Å². The Bertz CT molecular complexity index is 633. The molecule has 0 amide bonds. The van der Waals surface area contributed by atoms with Gasteiger partial charge in [0.1, 0.15) is 0 Å². The van der Waals surface area contributed by atoms with Crippen molar-refractivity contribution in [2.45, 2.75) is 36.5 Å². The van der Waals surface area contributed by atoms with E-state index in [-0.39, 0.29) is 6.04 Å². The number of aryl methyl sites for hydroxylation is 1. The number of benzene rings is 2. The Kier molecular flexibility index (Phi) is 7.46. The van der Waals surface area contributed by atoms with E-state index in [4.69, 9.17) is 12.2 Å². The molecule has 0 saturated carbocycles. The normalized spacial score (nSPS) is 12.0. The van der Waals surface area contributed by atoms with Gasteiger partial charge in [0.25, 0.3) is 5.76 Å². The van der Waals surface area contributed by atoms with Crippen LogP contribution in [0.5, 0.6) is 0 Å². The number of hydrogen-bond acceptors (Lipinski definition) is 2. The summed E-state index contributed by atoms with van der Waals surface area (Å²) < 4.78 is 24.6. The molecule has 0 bridgehead atoms. The molecule has 0 radical (unpaired) electrons. The van der Waals surface area contributed by atoms with Gasteiger partial charge in [-0.25, -0.2) is 0 Å².